The van der Waals surface area contributed by atoms with Gasteiger partial charge in [0, 0.05) is 17.5 Å². The highest BCUT2D eigenvalue weighted by Crippen LogP contribution is 2.21. The van der Waals surface area contributed by atoms with Crippen LogP contribution < -0.4 is 10.1 Å². The Kier molecular flexibility index (Phi) is 4.56. The van der Waals surface area contributed by atoms with Gasteiger partial charge in [-0.1, -0.05) is 12.1 Å². The standard InChI is InChI=1S/C15H16N2OS/c1-11(15-4-3-7-19-15)17-10-12-5-6-13(9-16)14(8-12)18-2/h3-8,11,17H,10H2,1-2H3/t11-/m0/s1. The largest absolute Gasteiger partial charge is 0.495 e. The number of hydrogen-bond donors (Lipinski definition) is 1. The molecule has 4 heteroatoms. The number of nitrogens with one attached hydrogen (secondary N) is 1. The Balaban J connectivity index is 2.02. The highest BCUT2D eigenvalue weighted by Gasteiger charge is 2.07. The van der Waals surface area contributed by atoms with Crippen LogP contribution in [-0.4, -0.2) is 7.11 Å². The maximum Gasteiger partial charge on any atom is 0.136 e. The number of ether oxygens (including phenoxy) is 1. The monoisotopic (exact) mass is 272 g/mol. The normalized spacial score (nSPS) is 11.8. The molecule has 3 nitrogen and oxygen atoms in total. The minimum absolute atomic E-state index is 0.321. The van der Waals surface area contributed by atoms with Crippen molar-refractivity contribution in [3.05, 3.63) is 51.7 Å². The molecule has 2 rings (SSSR count). The molecule has 1 aromatic heterocycles. The van der Waals surface area contributed by atoms with E-state index in [1.165, 1.54) is 4.88 Å². The van der Waals surface area contributed by atoms with Crippen molar-refractivity contribution in [3.63, 3.8) is 0 Å². The van der Waals surface area contributed by atoms with E-state index >= 15 is 0 Å². The Hall–Kier alpha value is -1.83. The molecule has 0 aliphatic heterocycles. The lowest BCUT2D eigenvalue weighted by molar-refractivity contribution is 0.412. The Morgan fingerprint density at radius 2 is 2.26 bits per heavy atom. The lowest BCUT2D eigenvalue weighted by Crippen LogP contribution is -2.17. The molecule has 1 atom stereocenters. The fourth-order valence-corrected chi connectivity index (χ4v) is 2.61. The van der Waals surface area contributed by atoms with E-state index in [-0.39, 0.29) is 0 Å². The van der Waals surface area contributed by atoms with Gasteiger partial charge in [0.05, 0.1) is 12.7 Å². The molecule has 19 heavy (non-hydrogen) atoms. The second-order valence-electron chi connectivity index (χ2n) is 4.26. The average molecular weight is 272 g/mol. The van der Waals surface area contributed by atoms with Gasteiger partial charge in [-0.3, -0.25) is 0 Å². The first-order valence-corrected chi connectivity index (χ1v) is 6.96. The van der Waals surface area contributed by atoms with Gasteiger partial charge in [-0.05, 0) is 36.1 Å². The fraction of sp³-hybridized carbons (Fsp3) is 0.267. The van der Waals surface area contributed by atoms with Crippen molar-refractivity contribution < 1.29 is 4.74 Å². The zero-order valence-electron chi connectivity index (χ0n) is 11.0. The third kappa shape index (κ3) is 3.34. The van der Waals surface area contributed by atoms with Gasteiger partial charge < -0.3 is 10.1 Å². The summed E-state index contributed by atoms with van der Waals surface area (Å²) >= 11 is 1.75. The summed E-state index contributed by atoms with van der Waals surface area (Å²) in [4.78, 5) is 1.32. The molecule has 0 radical (unpaired) electrons. The summed E-state index contributed by atoms with van der Waals surface area (Å²) in [5, 5.41) is 14.5. The van der Waals surface area contributed by atoms with Gasteiger partial charge >= 0.3 is 0 Å². The first kappa shape index (κ1) is 13.6. The molecular weight excluding hydrogens is 256 g/mol. The van der Waals surface area contributed by atoms with Crippen LogP contribution in [-0.2, 0) is 6.54 Å². The minimum atomic E-state index is 0.321. The number of nitriles is 1. The van der Waals surface area contributed by atoms with Crippen LogP contribution >= 0.6 is 11.3 Å². The molecule has 0 aliphatic carbocycles. The molecule has 1 aromatic carbocycles. The van der Waals surface area contributed by atoms with E-state index in [1.807, 2.05) is 12.1 Å². The topological polar surface area (TPSA) is 45.0 Å². The smallest absolute Gasteiger partial charge is 0.136 e. The number of benzene rings is 1. The Morgan fingerprint density at radius 3 is 2.89 bits per heavy atom. The zero-order valence-corrected chi connectivity index (χ0v) is 11.8. The first-order chi connectivity index (χ1) is 9.24. The fourth-order valence-electron chi connectivity index (χ4n) is 1.85. The number of thiophene rings is 1. The molecule has 2 aromatic rings. The van der Waals surface area contributed by atoms with E-state index in [0.29, 0.717) is 17.4 Å². The number of hydrogen-bond acceptors (Lipinski definition) is 4. The van der Waals surface area contributed by atoms with Gasteiger partial charge in [0.25, 0.3) is 0 Å². The van der Waals surface area contributed by atoms with Crippen molar-refractivity contribution in [2.75, 3.05) is 7.11 Å². The lowest BCUT2D eigenvalue weighted by Gasteiger charge is -2.13. The number of rotatable bonds is 5. The van der Waals surface area contributed by atoms with Crippen molar-refractivity contribution in [3.8, 4) is 11.8 Å². The van der Waals surface area contributed by atoms with Crippen LogP contribution in [0.4, 0.5) is 0 Å². The van der Waals surface area contributed by atoms with E-state index in [4.69, 9.17) is 10.00 Å². The van der Waals surface area contributed by atoms with Crippen LogP contribution in [0.3, 0.4) is 0 Å². The highest BCUT2D eigenvalue weighted by atomic mass is 32.1. The second-order valence-corrected chi connectivity index (χ2v) is 5.24. The average Bonchev–Trinajstić information content (AvgIpc) is 2.98. The number of methoxy groups -OCH3 is 1. The highest BCUT2D eigenvalue weighted by molar-refractivity contribution is 7.10. The van der Waals surface area contributed by atoms with E-state index < -0.39 is 0 Å². The van der Waals surface area contributed by atoms with Crippen LogP contribution in [0.2, 0.25) is 0 Å². The maximum absolute atomic E-state index is 8.94. The molecule has 1 heterocycles. The zero-order chi connectivity index (χ0) is 13.7. The van der Waals surface area contributed by atoms with E-state index in [1.54, 1.807) is 24.5 Å². The second kappa shape index (κ2) is 6.37. The van der Waals surface area contributed by atoms with Crippen LogP contribution in [0, 0.1) is 11.3 Å². The summed E-state index contributed by atoms with van der Waals surface area (Å²) in [6.07, 6.45) is 0. The van der Waals surface area contributed by atoms with Crippen molar-refractivity contribution in [2.24, 2.45) is 0 Å². The molecule has 0 unspecified atom stereocenters. The summed E-state index contributed by atoms with van der Waals surface area (Å²) in [6, 6.07) is 12.3. The predicted molar refractivity (Wildman–Crippen MR) is 77.3 cm³/mol. The van der Waals surface area contributed by atoms with Gasteiger partial charge in [-0.15, -0.1) is 11.3 Å². The molecule has 0 amide bonds. The molecule has 1 N–H and O–H groups in total. The SMILES string of the molecule is COc1cc(CN[C@@H](C)c2cccs2)ccc1C#N. The quantitative estimate of drug-likeness (QED) is 0.906. The van der Waals surface area contributed by atoms with Crippen molar-refractivity contribution in [1.29, 1.82) is 5.26 Å². The molecule has 0 bridgehead atoms. The Bertz CT molecular complexity index is 572. The molecule has 0 saturated heterocycles. The summed E-state index contributed by atoms with van der Waals surface area (Å²) in [7, 11) is 1.58. The van der Waals surface area contributed by atoms with Gasteiger partial charge in [-0.25, -0.2) is 0 Å². The van der Waals surface area contributed by atoms with E-state index in [9.17, 15) is 0 Å². The lowest BCUT2D eigenvalue weighted by atomic mass is 10.1. The van der Waals surface area contributed by atoms with Gasteiger partial charge in [-0.2, -0.15) is 5.26 Å². The predicted octanol–water partition coefficient (Wildman–Crippen LogP) is 3.48. The summed E-state index contributed by atoms with van der Waals surface area (Å²) < 4.78 is 5.21. The van der Waals surface area contributed by atoms with Crippen LogP contribution in [0.5, 0.6) is 5.75 Å². The summed E-state index contributed by atoms with van der Waals surface area (Å²) in [5.74, 6) is 0.630. The van der Waals surface area contributed by atoms with Crippen LogP contribution in [0.15, 0.2) is 35.7 Å². The third-order valence-electron chi connectivity index (χ3n) is 2.97. The molecule has 0 aliphatic rings. The van der Waals surface area contributed by atoms with E-state index in [2.05, 4.69) is 35.8 Å². The molecular formula is C15H16N2OS. The van der Waals surface area contributed by atoms with Crippen molar-refractivity contribution in [2.45, 2.75) is 19.5 Å². The molecule has 0 spiro atoms. The molecule has 0 saturated carbocycles. The summed E-state index contributed by atoms with van der Waals surface area (Å²) in [5.41, 5.74) is 1.68. The number of nitrogens with zero attached hydrogens (tertiary/aromatic N) is 1. The molecule has 0 fully saturated rings. The summed E-state index contributed by atoms with van der Waals surface area (Å²) in [6.45, 7) is 2.90. The van der Waals surface area contributed by atoms with E-state index in [0.717, 1.165) is 12.1 Å². The first-order valence-electron chi connectivity index (χ1n) is 6.08. The van der Waals surface area contributed by atoms with Gasteiger partial charge in [0.2, 0.25) is 0 Å². The van der Waals surface area contributed by atoms with Crippen molar-refractivity contribution >= 4 is 11.3 Å². The Morgan fingerprint density at radius 1 is 1.42 bits per heavy atom. The van der Waals surface area contributed by atoms with Crippen molar-refractivity contribution in [1.82, 2.24) is 5.32 Å². The third-order valence-corrected chi connectivity index (χ3v) is 4.02. The Labute approximate surface area is 117 Å². The van der Waals surface area contributed by atoms with Crippen LogP contribution in [0.25, 0.3) is 0 Å². The van der Waals surface area contributed by atoms with Gasteiger partial charge in [0.15, 0.2) is 0 Å². The minimum Gasteiger partial charge on any atom is -0.495 e. The van der Waals surface area contributed by atoms with Crippen LogP contribution in [0.1, 0.15) is 29.0 Å². The molecule has 98 valence electrons. The van der Waals surface area contributed by atoms with Gasteiger partial charge in [0.1, 0.15) is 11.8 Å². The maximum atomic E-state index is 8.94.